The smallest absolute Gasteiger partial charge is 0.409 e. The van der Waals surface area contributed by atoms with Crippen LogP contribution in [0.15, 0.2) is 30.5 Å². The van der Waals surface area contributed by atoms with E-state index in [2.05, 4.69) is 4.98 Å². The predicted octanol–water partition coefficient (Wildman–Crippen LogP) is 0.916. The number of methoxy groups -OCH3 is 1. The third kappa shape index (κ3) is 5.28. The van der Waals surface area contributed by atoms with Gasteiger partial charge in [0.1, 0.15) is 17.3 Å². The topological polar surface area (TPSA) is 146 Å². The van der Waals surface area contributed by atoms with Crippen molar-refractivity contribution in [2.45, 2.75) is 25.5 Å². The molecule has 192 valence electrons. The van der Waals surface area contributed by atoms with E-state index >= 15 is 8.78 Å². The van der Waals surface area contributed by atoms with Crippen LogP contribution in [0.5, 0.6) is 0 Å². The number of benzene rings is 1. The van der Waals surface area contributed by atoms with E-state index in [-0.39, 0.29) is 25.3 Å². The minimum atomic E-state index is -3.56. The van der Waals surface area contributed by atoms with Crippen LogP contribution in [0.4, 0.5) is 13.6 Å². The molecule has 0 spiro atoms. The van der Waals surface area contributed by atoms with Crippen molar-refractivity contribution in [1.82, 2.24) is 19.6 Å². The second-order valence-electron chi connectivity index (χ2n) is 8.36. The van der Waals surface area contributed by atoms with Gasteiger partial charge in [0.05, 0.1) is 43.3 Å². The first-order valence-corrected chi connectivity index (χ1v) is 10.9. The number of aromatic nitrogens is 2. The van der Waals surface area contributed by atoms with Gasteiger partial charge in [0.2, 0.25) is 0 Å². The van der Waals surface area contributed by atoms with Gasteiger partial charge >= 0.3 is 12.2 Å². The van der Waals surface area contributed by atoms with Gasteiger partial charge in [-0.15, -0.1) is 0 Å². The molecular weight excluding hydrogens is 482 g/mol. The van der Waals surface area contributed by atoms with Crippen molar-refractivity contribution < 1.29 is 43.2 Å². The maximum atomic E-state index is 15.2. The molecule has 0 saturated carbocycles. The van der Waals surface area contributed by atoms with Gasteiger partial charge in [0.15, 0.2) is 0 Å². The molecule has 4 rings (SSSR count). The monoisotopic (exact) mass is 506 g/mol. The molecule has 1 fully saturated rings. The minimum Gasteiger partial charge on any atom is -0.453 e. The first-order valence-electron chi connectivity index (χ1n) is 10.9. The van der Waals surface area contributed by atoms with Crippen LogP contribution in [0.3, 0.4) is 0 Å². The highest BCUT2D eigenvalue weighted by atomic mass is 19.1. The van der Waals surface area contributed by atoms with Gasteiger partial charge < -0.3 is 34.1 Å². The molecule has 1 aliphatic rings. The van der Waals surface area contributed by atoms with Crippen molar-refractivity contribution >= 4 is 17.6 Å². The van der Waals surface area contributed by atoms with Gasteiger partial charge in [0, 0.05) is 24.7 Å². The summed E-state index contributed by atoms with van der Waals surface area (Å²) in [5.74, 6) is -3.60. The molecule has 13 heteroatoms. The Morgan fingerprint density at radius 1 is 1.25 bits per heavy atom. The number of fused-ring (bicyclic) bond motifs is 1. The fourth-order valence-electron chi connectivity index (χ4n) is 4.10. The molecule has 1 saturated heterocycles. The molecule has 3 aromatic rings. The number of nitrogens with zero attached hydrogens (tertiary/aromatic N) is 3. The molecule has 0 aliphatic carbocycles. The van der Waals surface area contributed by atoms with Gasteiger partial charge in [-0.3, -0.25) is 10.1 Å². The lowest BCUT2D eigenvalue weighted by Gasteiger charge is -2.32. The number of hydrogen-bond donors (Lipinski definition) is 4. The highest BCUT2D eigenvalue weighted by Gasteiger charge is 2.30. The molecule has 1 aliphatic heterocycles. The number of imidazole rings is 1. The highest BCUT2D eigenvalue weighted by Crippen LogP contribution is 2.32. The molecule has 36 heavy (non-hydrogen) atoms. The molecule has 11 nitrogen and oxygen atoms in total. The largest absolute Gasteiger partial charge is 0.453 e. The zero-order valence-corrected chi connectivity index (χ0v) is 19.4. The normalized spacial score (nSPS) is 16.3. The Kier molecular flexibility index (Phi) is 6.91. The quantitative estimate of drug-likeness (QED) is 0.374. The van der Waals surface area contributed by atoms with Gasteiger partial charge in [0.25, 0.3) is 5.91 Å². The summed E-state index contributed by atoms with van der Waals surface area (Å²) < 4.78 is 42.7. The first-order chi connectivity index (χ1) is 17.0. The zero-order chi connectivity index (χ0) is 26.2. The lowest BCUT2D eigenvalue weighted by Crippen LogP contribution is -2.48. The summed E-state index contributed by atoms with van der Waals surface area (Å²) >= 11 is 0. The van der Waals surface area contributed by atoms with E-state index in [1.165, 1.54) is 17.3 Å². The zero-order valence-electron chi connectivity index (χ0n) is 19.4. The van der Waals surface area contributed by atoms with Crippen LogP contribution in [-0.4, -0.2) is 80.6 Å². The number of halogens is 2. The molecule has 3 heterocycles. The summed E-state index contributed by atoms with van der Waals surface area (Å²) in [4.78, 5) is 29.9. The third-order valence-corrected chi connectivity index (χ3v) is 5.70. The first kappa shape index (κ1) is 25.4. The van der Waals surface area contributed by atoms with Crippen LogP contribution < -0.4 is 5.32 Å². The highest BCUT2D eigenvalue weighted by molar-refractivity contribution is 5.95. The minimum absolute atomic E-state index is 0.0258. The van der Waals surface area contributed by atoms with Gasteiger partial charge in [-0.2, -0.15) is 0 Å². The molecule has 0 bridgehead atoms. The number of hydrogen-bond acceptors (Lipinski definition) is 8. The number of aliphatic hydroxyl groups is 3. The van der Waals surface area contributed by atoms with E-state index in [1.54, 1.807) is 22.7 Å². The van der Waals surface area contributed by atoms with E-state index in [4.69, 9.17) is 24.8 Å². The average molecular weight is 506 g/mol. The number of rotatable bonds is 5. The summed E-state index contributed by atoms with van der Waals surface area (Å²) in [6.07, 6.45) is -2.73. The van der Waals surface area contributed by atoms with Crippen molar-refractivity contribution in [2.24, 2.45) is 0 Å². The number of aryl methyl sites for hydroxylation is 1. The van der Waals surface area contributed by atoms with Gasteiger partial charge in [-0.25, -0.2) is 18.6 Å². The summed E-state index contributed by atoms with van der Waals surface area (Å²) in [5, 5.41) is 28.1. The van der Waals surface area contributed by atoms with E-state index < -0.39 is 47.0 Å². The van der Waals surface area contributed by atoms with Crippen molar-refractivity contribution in [3.8, 4) is 11.3 Å². The maximum Gasteiger partial charge on any atom is 0.409 e. The lowest BCUT2D eigenvalue weighted by atomic mass is 10.0. The SMILES string of the molecule is COC(=O)N1CCOC(Cc2c(-c3c(F)cc(C(=O)NC(O)(O)O)cc3F)nc3cc(C)ccn23)C1. The Balaban J connectivity index is 1.76. The fraction of sp³-hybridized carbons (Fsp3) is 0.348. The van der Waals surface area contributed by atoms with Crippen molar-refractivity contribution in [3.63, 3.8) is 0 Å². The summed E-state index contributed by atoms with van der Waals surface area (Å²) in [5.41, 5.74) is 0.572. The molecule has 2 aromatic heterocycles. The van der Waals surface area contributed by atoms with Crippen molar-refractivity contribution in [1.29, 1.82) is 0 Å². The van der Waals surface area contributed by atoms with E-state index in [1.807, 2.05) is 6.92 Å². The second-order valence-corrected chi connectivity index (χ2v) is 8.36. The van der Waals surface area contributed by atoms with E-state index in [9.17, 15) is 9.59 Å². The number of carbonyl (C=O) groups is 2. The average Bonchev–Trinajstić information content (AvgIpc) is 3.13. The van der Waals surface area contributed by atoms with E-state index in [0.29, 0.717) is 30.0 Å². The summed E-state index contributed by atoms with van der Waals surface area (Å²) in [7, 11) is 1.27. The van der Waals surface area contributed by atoms with Crippen LogP contribution in [0.1, 0.15) is 21.6 Å². The van der Waals surface area contributed by atoms with Crippen LogP contribution in [0.25, 0.3) is 16.9 Å². The van der Waals surface area contributed by atoms with Crippen LogP contribution in [-0.2, 0) is 15.9 Å². The summed E-state index contributed by atoms with van der Waals surface area (Å²) in [6.45, 7) is 2.62. The molecule has 0 radical (unpaired) electrons. The number of nitrogens with one attached hydrogen (secondary N) is 1. The molecule has 4 N–H and O–H groups in total. The van der Waals surface area contributed by atoms with Crippen LogP contribution in [0, 0.1) is 18.6 Å². The van der Waals surface area contributed by atoms with Gasteiger partial charge in [-0.05, 0) is 36.8 Å². The Bertz CT molecular complexity index is 1300. The summed E-state index contributed by atoms with van der Waals surface area (Å²) in [6, 6.07) is 4.91. The molecule has 1 aromatic carbocycles. The number of pyridine rings is 1. The number of carbonyl (C=O) groups excluding carboxylic acids is 2. The number of morpholine rings is 1. The predicted molar refractivity (Wildman–Crippen MR) is 120 cm³/mol. The second kappa shape index (κ2) is 9.78. The standard InChI is InChI=1S/C23H24F2N4O7/c1-12-3-4-29-17(10-14-11-28(5-6-36-14)22(31)35-2)20(26-18(29)7-12)19-15(24)8-13(9-16(19)25)21(30)27-23(32,33)34/h3-4,7-9,14,32-34H,5-6,10-11H2,1-2H3,(H,27,30). The molecule has 1 atom stereocenters. The van der Waals surface area contributed by atoms with E-state index in [0.717, 1.165) is 5.56 Å². The number of ether oxygens (including phenoxy) is 2. The lowest BCUT2D eigenvalue weighted by molar-refractivity contribution is -0.323. The van der Waals surface area contributed by atoms with Crippen molar-refractivity contribution in [3.05, 3.63) is 58.9 Å². The van der Waals surface area contributed by atoms with Gasteiger partial charge in [-0.1, -0.05) is 0 Å². The molecule has 1 unspecified atom stereocenters. The molecular formula is C23H24F2N4O7. The van der Waals surface area contributed by atoms with Crippen molar-refractivity contribution in [2.75, 3.05) is 26.8 Å². The maximum absolute atomic E-state index is 15.2. The number of amides is 2. The fourth-order valence-corrected chi connectivity index (χ4v) is 4.10. The Labute approximate surface area is 203 Å². The third-order valence-electron chi connectivity index (χ3n) is 5.70. The molecule has 2 amide bonds. The Morgan fingerprint density at radius 2 is 1.94 bits per heavy atom. The van der Waals surface area contributed by atoms with Crippen LogP contribution in [0.2, 0.25) is 0 Å². The Morgan fingerprint density at radius 3 is 2.58 bits per heavy atom. The Hall–Kier alpha value is -3.65. The van der Waals surface area contributed by atoms with Crippen LogP contribution >= 0.6 is 0 Å².